The van der Waals surface area contributed by atoms with E-state index in [1.54, 1.807) is 0 Å². The smallest absolute Gasteiger partial charge is 0.0326 e. The molecule has 0 aromatic heterocycles. The van der Waals surface area contributed by atoms with Crippen molar-refractivity contribution in [1.29, 1.82) is 0 Å². The molecule has 0 amide bonds. The SMILES string of the molecule is CC.CC(C)CCC1(C)CCCCC1. The summed E-state index contributed by atoms with van der Waals surface area (Å²) in [5, 5.41) is 0. The third-order valence-electron chi connectivity index (χ3n) is 3.39. The zero-order chi connectivity index (χ0) is 11.0. The van der Waals surface area contributed by atoms with Crippen molar-refractivity contribution in [3.63, 3.8) is 0 Å². The van der Waals surface area contributed by atoms with Gasteiger partial charge < -0.3 is 0 Å². The average molecular weight is 198 g/mol. The van der Waals surface area contributed by atoms with Crippen LogP contribution in [0.25, 0.3) is 0 Å². The molecule has 0 saturated heterocycles. The van der Waals surface area contributed by atoms with Gasteiger partial charge in [0.05, 0.1) is 0 Å². The highest BCUT2D eigenvalue weighted by Gasteiger charge is 2.26. The minimum atomic E-state index is 0.711. The number of hydrogen-bond donors (Lipinski definition) is 0. The first-order valence-corrected chi connectivity index (χ1v) is 6.62. The molecule has 0 nitrogen and oxygen atoms in total. The van der Waals surface area contributed by atoms with Crippen molar-refractivity contribution in [2.75, 3.05) is 0 Å². The molecule has 1 aliphatic rings. The molecule has 14 heavy (non-hydrogen) atoms. The summed E-state index contributed by atoms with van der Waals surface area (Å²) >= 11 is 0. The topological polar surface area (TPSA) is 0 Å². The normalized spacial score (nSPS) is 20.1. The summed E-state index contributed by atoms with van der Waals surface area (Å²) in [6, 6.07) is 0. The third kappa shape index (κ3) is 5.67. The summed E-state index contributed by atoms with van der Waals surface area (Å²) in [4.78, 5) is 0. The molecule has 0 bridgehead atoms. The van der Waals surface area contributed by atoms with Crippen molar-refractivity contribution in [2.24, 2.45) is 11.3 Å². The fraction of sp³-hybridized carbons (Fsp3) is 1.00. The van der Waals surface area contributed by atoms with Crippen molar-refractivity contribution >= 4 is 0 Å². The maximum Gasteiger partial charge on any atom is -0.0326 e. The fourth-order valence-electron chi connectivity index (χ4n) is 2.29. The van der Waals surface area contributed by atoms with Gasteiger partial charge in [-0.1, -0.05) is 60.3 Å². The van der Waals surface area contributed by atoms with Crippen LogP contribution >= 0.6 is 0 Å². The van der Waals surface area contributed by atoms with E-state index < -0.39 is 0 Å². The second kappa shape index (κ2) is 7.31. The summed E-state index contributed by atoms with van der Waals surface area (Å²) < 4.78 is 0. The van der Waals surface area contributed by atoms with Gasteiger partial charge >= 0.3 is 0 Å². The largest absolute Gasteiger partial charge is 0.0683 e. The Kier molecular flexibility index (Phi) is 7.31. The molecule has 0 spiro atoms. The highest BCUT2D eigenvalue weighted by Crippen LogP contribution is 2.40. The molecule has 0 heteroatoms. The Morgan fingerprint density at radius 2 is 1.50 bits per heavy atom. The first kappa shape index (κ1) is 14.0. The predicted molar refractivity (Wildman–Crippen MR) is 66.6 cm³/mol. The van der Waals surface area contributed by atoms with Crippen LogP contribution in [-0.4, -0.2) is 0 Å². The van der Waals surface area contributed by atoms with Gasteiger partial charge in [0.15, 0.2) is 0 Å². The van der Waals surface area contributed by atoms with Gasteiger partial charge in [0.1, 0.15) is 0 Å². The molecular weight excluding hydrogens is 168 g/mol. The zero-order valence-corrected chi connectivity index (χ0v) is 11.0. The van der Waals surface area contributed by atoms with Crippen LogP contribution in [-0.2, 0) is 0 Å². The van der Waals surface area contributed by atoms with E-state index >= 15 is 0 Å². The minimum absolute atomic E-state index is 0.711. The lowest BCUT2D eigenvalue weighted by Gasteiger charge is -2.34. The molecule has 1 rings (SSSR count). The quantitative estimate of drug-likeness (QED) is 0.568. The summed E-state index contributed by atoms with van der Waals surface area (Å²) in [6.45, 7) is 11.2. The van der Waals surface area contributed by atoms with Crippen LogP contribution in [0.3, 0.4) is 0 Å². The van der Waals surface area contributed by atoms with Crippen LogP contribution in [0.15, 0.2) is 0 Å². The predicted octanol–water partition coefficient (Wildman–Crippen LogP) is 5.42. The minimum Gasteiger partial charge on any atom is -0.0683 e. The van der Waals surface area contributed by atoms with Gasteiger partial charge in [-0.05, 0) is 30.6 Å². The maximum atomic E-state index is 2.49. The van der Waals surface area contributed by atoms with Crippen LogP contribution in [0.5, 0.6) is 0 Å². The van der Waals surface area contributed by atoms with Crippen molar-refractivity contribution < 1.29 is 0 Å². The molecule has 0 N–H and O–H groups in total. The molecule has 0 unspecified atom stereocenters. The Bertz CT molecular complexity index is 118. The molecule has 0 aromatic rings. The van der Waals surface area contributed by atoms with Gasteiger partial charge in [-0.25, -0.2) is 0 Å². The second-order valence-corrected chi connectivity index (χ2v) is 5.30. The molecule has 86 valence electrons. The third-order valence-corrected chi connectivity index (χ3v) is 3.39. The molecule has 0 aliphatic heterocycles. The molecule has 1 aliphatic carbocycles. The van der Waals surface area contributed by atoms with Crippen LogP contribution in [0.4, 0.5) is 0 Å². The van der Waals surface area contributed by atoms with Crippen molar-refractivity contribution in [3.8, 4) is 0 Å². The lowest BCUT2D eigenvalue weighted by atomic mass is 9.72. The second-order valence-electron chi connectivity index (χ2n) is 5.30. The molecule has 0 atom stereocenters. The number of rotatable bonds is 3. The van der Waals surface area contributed by atoms with E-state index in [4.69, 9.17) is 0 Å². The maximum absolute atomic E-state index is 2.49. The molecule has 1 fully saturated rings. The van der Waals surface area contributed by atoms with Gasteiger partial charge in [-0.3, -0.25) is 0 Å². The van der Waals surface area contributed by atoms with Crippen molar-refractivity contribution in [2.45, 2.75) is 79.6 Å². The fourth-order valence-corrected chi connectivity index (χ4v) is 2.29. The standard InChI is InChI=1S/C12H24.C2H6/c1-11(2)7-10-12(3)8-5-4-6-9-12;1-2/h11H,4-10H2,1-3H3;1-2H3. The Morgan fingerprint density at radius 3 is 1.93 bits per heavy atom. The van der Waals surface area contributed by atoms with E-state index in [2.05, 4.69) is 20.8 Å². The summed E-state index contributed by atoms with van der Waals surface area (Å²) in [6.07, 6.45) is 10.3. The lowest BCUT2D eigenvalue weighted by molar-refractivity contribution is 0.186. The average Bonchev–Trinajstić information content (AvgIpc) is 2.19. The highest BCUT2D eigenvalue weighted by molar-refractivity contribution is 4.78. The van der Waals surface area contributed by atoms with Gasteiger partial charge in [0.2, 0.25) is 0 Å². The van der Waals surface area contributed by atoms with Crippen LogP contribution in [0, 0.1) is 11.3 Å². The van der Waals surface area contributed by atoms with Crippen LogP contribution in [0.2, 0.25) is 0 Å². The van der Waals surface area contributed by atoms with Crippen LogP contribution < -0.4 is 0 Å². The molecule has 0 heterocycles. The number of hydrogen-bond acceptors (Lipinski definition) is 0. The summed E-state index contributed by atoms with van der Waals surface area (Å²) in [5.41, 5.74) is 0.711. The highest BCUT2D eigenvalue weighted by atomic mass is 14.3. The summed E-state index contributed by atoms with van der Waals surface area (Å²) in [5.74, 6) is 0.892. The van der Waals surface area contributed by atoms with Gasteiger partial charge in [0.25, 0.3) is 0 Å². The van der Waals surface area contributed by atoms with E-state index in [-0.39, 0.29) is 0 Å². The van der Waals surface area contributed by atoms with Crippen molar-refractivity contribution in [1.82, 2.24) is 0 Å². The lowest BCUT2D eigenvalue weighted by Crippen LogP contribution is -2.20. The molecule has 0 radical (unpaired) electrons. The van der Waals surface area contributed by atoms with Crippen molar-refractivity contribution in [3.05, 3.63) is 0 Å². The first-order valence-electron chi connectivity index (χ1n) is 6.62. The monoisotopic (exact) mass is 198 g/mol. The van der Waals surface area contributed by atoms with E-state index in [0.29, 0.717) is 5.41 Å². The Labute approximate surface area is 91.5 Å². The zero-order valence-electron chi connectivity index (χ0n) is 11.0. The van der Waals surface area contributed by atoms with Gasteiger partial charge in [-0.15, -0.1) is 0 Å². The van der Waals surface area contributed by atoms with E-state index in [1.165, 1.54) is 44.9 Å². The van der Waals surface area contributed by atoms with E-state index in [9.17, 15) is 0 Å². The van der Waals surface area contributed by atoms with Gasteiger partial charge in [-0.2, -0.15) is 0 Å². The summed E-state index contributed by atoms with van der Waals surface area (Å²) in [7, 11) is 0. The first-order chi connectivity index (χ1) is 6.62. The molecule has 0 aromatic carbocycles. The Hall–Kier alpha value is 0. The van der Waals surface area contributed by atoms with Crippen LogP contribution in [0.1, 0.15) is 79.6 Å². The van der Waals surface area contributed by atoms with E-state index in [0.717, 1.165) is 5.92 Å². The molecular formula is C14H30. The molecule has 1 saturated carbocycles. The van der Waals surface area contributed by atoms with Gasteiger partial charge in [0, 0.05) is 0 Å². The Morgan fingerprint density at radius 1 is 1.00 bits per heavy atom. The Balaban J connectivity index is 0.000000791. The van der Waals surface area contributed by atoms with E-state index in [1.807, 2.05) is 13.8 Å².